The number of amides is 3. The van der Waals surface area contributed by atoms with E-state index in [0.29, 0.717) is 40.4 Å². The van der Waals surface area contributed by atoms with Gasteiger partial charge in [-0.05, 0) is 89.3 Å². The highest BCUT2D eigenvalue weighted by Crippen LogP contribution is 2.45. The largest absolute Gasteiger partial charge is 0.573 e. The Morgan fingerprint density at radius 3 is 2.30 bits per heavy atom. The summed E-state index contributed by atoms with van der Waals surface area (Å²) in [6.45, 7) is 6.92. The van der Waals surface area contributed by atoms with E-state index >= 15 is 0 Å². The van der Waals surface area contributed by atoms with Crippen LogP contribution in [0.4, 0.5) is 23.7 Å². The van der Waals surface area contributed by atoms with Gasteiger partial charge >= 0.3 is 18.4 Å². The monoisotopic (exact) mass is 683 g/mol. The smallest absolute Gasteiger partial charge is 0.493 e. The number of ether oxygens (including phenoxy) is 2. The van der Waals surface area contributed by atoms with Crippen molar-refractivity contribution in [1.29, 1.82) is 0 Å². The van der Waals surface area contributed by atoms with Crippen molar-refractivity contribution in [3.63, 3.8) is 0 Å². The molecule has 4 rings (SSSR count). The molecule has 2 aromatic carbocycles. The molecule has 1 atom stereocenters. The van der Waals surface area contributed by atoms with Crippen molar-refractivity contribution in [3.05, 3.63) is 52.0 Å². The number of carboxylic acids is 1. The molecule has 2 aliphatic rings. The Kier molecular flexibility index (Phi) is 10.4. The lowest BCUT2D eigenvalue weighted by Crippen LogP contribution is -2.48. The zero-order valence-corrected chi connectivity index (χ0v) is 26.4. The second-order valence-corrected chi connectivity index (χ2v) is 13.1. The molecule has 0 bridgehead atoms. The van der Waals surface area contributed by atoms with Gasteiger partial charge < -0.3 is 30.1 Å². The van der Waals surface area contributed by atoms with E-state index < -0.39 is 30.3 Å². The average molecular weight is 685 g/mol. The van der Waals surface area contributed by atoms with Crippen molar-refractivity contribution < 1.29 is 42.1 Å². The van der Waals surface area contributed by atoms with E-state index in [1.54, 1.807) is 12.1 Å². The average Bonchev–Trinajstić information content (AvgIpc) is 2.93. The van der Waals surface area contributed by atoms with Gasteiger partial charge in [-0.1, -0.05) is 20.8 Å². The summed E-state index contributed by atoms with van der Waals surface area (Å²) in [6, 6.07) is 7.46. The van der Waals surface area contributed by atoms with Crippen LogP contribution in [-0.2, 0) is 4.79 Å². The Morgan fingerprint density at radius 2 is 1.70 bits per heavy atom. The molecular weight excluding hydrogens is 647 g/mol. The molecule has 0 spiro atoms. The number of fused-ring (bicyclic) bond motifs is 1. The number of carbonyl (C=O) groups is 3. The summed E-state index contributed by atoms with van der Waals surface area (Å²) in [5.74, 6) is -0.925. The summed E-state index contributed by atoms with van der Waals surface area (Å²) < 4.78 is 48.2. The number of alkyl halides is 3. The number of nitrogens with one attached hydrogen (secondary N) is 2. The van der Waals surface area contributed by atoms with Crippen molar-refractivity contribution in [2.45, 2.75) is 77.7 Å². The Balaban J connectivity index is 1.61. The molecule has 1 heterocycles. The molecule has 1 aliphatic carbocycles. The van der Waals surface area contributed by atoms with Crippen LogP contribution in [-0.4, -0.2) is 53.5 Å². The minimum Gasteiger partial charge on any atom is -0.493 e. The van der Waals surface area contributed by atoms with Gasteiger partial charge in [-0.3, -0.25) is 9.59 Å². The summed E-state index contributed by atoms with van der Waals surface area (Å²) in [6.07, 6.45) is -1.09. The van der Waals surface area contributed by atoms with Crippen LogP contribution in [0, 0.1) is 11.3 Å². The van der Waals surface area contributed by atoms with E-state index in [9.17, 15) is 27.6 Å². The molecule has 1 fully saturated rings. The van der Waals surface area contributed by atoms with Gasteiger partial charge in [0.05, 0.1) is 24.6 Å². The summed E-state index contributed by atoms with van der Waals surface area (Å²) in [5, 5.41) is 14.3. The third-order valence-corrected chi connectivity index (χ3v) is 8.86. The van der Waals surface area contributed by atoms with Gasteiger partial charge in [0.2, 0.25) is 0 Å². The van der Waals surface area contributed by atoms with Crippen molar-refractivity contribution in [3.8, 4) is 11.5 Å². The van der Waals surface area contributed by atoms with Crippen LogP contribution < -0.4 is 20.1 Å². The van der Waals surface area contributed by atoms with Gasteiger partial charge in [0.15, 0.2) is 0 Å². The van der Waals surface area contributed by atoms with E-state index in [0.717, 1.165) is 37.8 Å². The summed E-state index contributed by atoms with van der Waals surface area (Å²) in [4.78, 5) is 39.4. The molecule has 3 amide bonds. The van der Waals surface area contributed by atoms with E-state index in [1.165, 1.54) is 12.1 Å². The van der Waals surface area contributed by atoms with Gasteiger partial charge in [-0.25, -0.2) is 4.79 Å². The lowest BCUT2D eigenvalue weighted by molar-refractivity contribution is -0.274. The number of carbonyl (C=O) groups excluding carboxylic acids is 2. The zero-order valence-electron chi connectivity index (χ0n) is 24.8. The number of anilines is 1. The van der Waals surface area contributed by atoms with Crippen LogP contribution in [0.2, 0.25) is 0 Å². The fourth-order valence-corrected chi connectivity index (χ4v) is 6.48. The van der Waals surface area contributed by atoms with Crippen LogP contribution in [0.3, 0.4) is 0 Å². The SMILES string of the molecule is CC(C)(C)C1CCC(N(C(=O)Nc2ccc(OC(F)(F)F)cc2)C2CCOc3cc(C(=O)NCCC(=O)O)c(Br)cc32)CC1. The maximum Gasteiger partial charge on any atom is 0.573 e. The summed E-state index contributed by atoms with van der Waals surface area (Å²) >= 11 is 3.47. The molecule has 0 saturated heterocycles. The molecular formula is C31H37BrF3N3O6. The molecule has 44 heavy (non-hydrogen) atoms. The number of halogens is 4. The van der Waals surface area contributed by atoms with Crippen LogP contribution in [0.1, 0.15) is 81.3 Å². The zero-order chi connectivity index (χ0) is 32.2. The second-order valence-electron chi connectivity index (χ2n) is 12.2. The number of urea groups is 1. The molecule has 1 saturated carbocycles. The molecule has 0 aromatic heterocycles. The first-order valence-electron chi connectivity index (χ1n) is 14.5. The molecule has 13 heteroatoms. The van der Waals surface area contributed by atoms with Gasteiger partial charge in [0.25, 0.3) is 5.91 Å². The first kappa shape index (κ1) is 33.4. The second kappa shape index (κ2) is 13.7. The van der Waals surface area contributed by atoms with Crippen LogP contribution in [0.25, 0.3) is 0 Å². The Morgan fingerprint density at radius 1 is 1.05 bits per heavy atom. The van der Waals surface area contributed by atoms with Crippen molar-refractivity contribution in [2.75, 3.05) is 18.5 Å². The van der Waals surface area contributed by atoms with E-state index in [2.05, 4.69) is 52.1 Å². The first-order chi connectivity index (χ1) is 20.6. The fourth-order valence-electron chi connectivity index (χ4n) is 5.94. The Labute approximate surface area is 262 Å². The molecule has 0 radical (unpaired) electrons. The number of rotatable bonds is 8. The van der Waals surface area contributed by atoms with Crippen molar-refractivity contribution in [1.82, 2.24) is 10.2 Å². The maximum absolute atomic E-state index is 14.0. The Bertz CT molecular complexity index is 1360. The molecule has 240 valence electrons. The minimum absolute atomic E-state index is 0.0321. The number of carboxylic acid groups (broad SMARTS) is 1. The first-order valence-corrected chi connectivity index (χ1v) is 15.3. The normalized spacial score (nSPS) is 20.1. The third kappa shape index (κ3) is 8.58. The van der Waals surface area contributed by atoms with Gasteiger partial charge in [0.1, 0.15) is 11.5 Å². The van der Waals surface area contributed by atoms with E-state index in [4.69, 9.17) is 9.84 Å². The molecule has 2 aromatic rings. The highest BCUT2D eigenvalue weighted by atomic mass is 79.9. The Hall–Kier alpha value is -3.48. The molecule has 9 nitrogen and oxygen atoms in total. The third-order valence-electron chi connectivity index (χ3n) is 8.20. The summed E-state index contributed by atoms with van der Waals surface area (Å²) in [5.41, 5.74) is 1.44. The number of benzene rings is 2. The standard InChI is InChI=1S/C31H37BrF3N3O6/c1-30(2,3)18-4-8-20(9-5-18)38(29(42)37-19-6-10-21(11-7-19)44-31(33,34)35)25-13-15-43-26-17-22(24(32)16-23(25)26)28(41)36-14-12-27(39)40/h6-7,10-11,16-18,20,25H,4-5,8-9,12-15H2,1-3H3,(H,36,41)(H,37,42)(H,39,40). The molecule has 1 aliphatic heterocycles. The van der Waals surface area contributed by atoms with Crippen molar-refractivity contribution in [2.24, 2.45) is 11.3 Å². The van der Waals surface area contributed by atoms with Gasteiger partial charge in [-0.15, -0.1) is 13.2 Å². The topological polar surface area (TPSA) is 117 Å². The van der Waals surface area contributed by atoms with E-state index in [1.807, 2.05) is 4.90 Å². The number of hydrogen-bond acceptors (Lipinski definition) is 5. The van der Waals surface area contributed by atoms with Gasteiger partial charge in [-0.2, -0.15) is 0 Å². The quantitative estimate of drug-likeness (QED) is 0.265. The highest BCUT2D eigenvalue weighted by Gasteiger charge is 2.39. The molecule has 3 N–H and O–H groups in total. The minimum atomic E-state index is -4.82. The summed E-state index contributed by atoms with van der Waals surface area (Å²) in [7, 11) is 0. The van der Waals surface area contributed by atoms with Gasteiger partial charge in [0, 0.05) is 34.7 Å². The number of hydrogen-bond donors (Lipinski definition) is 3. The molecule has 1 unspecified atom stereocenters. The maximum atomic E-state index is 14.0. The fraction of sp³-hybridized carbons (Fsp3) is 0.516. The number of aliphatic carboxylic acids is 1. The lowest BCUT2D eigenvalue weighted by Gasteiger charge is -2.45. The predicted molar refractivity (Wildman–Crippen MR) is 161 cm³/mol. The van der Waals surface area contributed by atoms with E-state index in [-0.39, 0.29) is 35.7 Å². The highest BCUT2D eigenvalue weighted by molar-refractivity contribution is 9.10. The van der Waals surface area contributed by atoms with Crippen LogP contribution in [0.15, 0.2) is 40.9 Å². The lowest BCUT2D eigenvalue weighted by atomic mass is 9.71. The van der Waals surface area contributed by atoms with Crippen LogP contribution in [0.5, 0.6) is 11.5 Å². The van der Waals surface area contributed by atoms with Crippen LogP contribution >= 0.6 is 15.9 Å². The predicted octanol–water partition coefficient (Wildman–Crippen LogP) is 7.51. The van der Waals surface area contributed by atoms with Crippen molar-refractivity contribution >= 4 is 39.5 Å². The number of nitrogens with zero attached hydrogens (tertiary/aromatic N) is 1.